The number of aryl methyl sites for hydroxylation is 1. The highest BCUT2D eigenvalue weighted by atomic mass is 35.5. The molecule has 1 atom stereocenters. The van der Waals surface area contributed by atoms with Gasteiger partial charge in [0, 0.05) is 17.1 Å². The highest BCUT2D eigenvalue weighted by Gasteiger charge is 2.10. The molecule has 0 aromatic carbocycles. The minimum absolute atomic E-state index is 0.0547. The first-order chi connectivity index (χ1) is 8.04. The lowest BCUT2D eigenvalue weighted by Gasteiger charge is -2.12. The number of rotatable bonds is 3. The van der Waals surface area contributed by atoms with Crippen molar-refractivity contribution in [3.8, 4) is 0 Å². The maximum Gasteiger partial charge on any atom is 0.223 e. The average molecular weight is 270 g/mol. The van der Waals surface area contributed by atoms with Gasteiger partial charge in [-0.1, -0.05) is 11.6 Å². The van der Waals surface area contributed by atoms with E-state index in [1.54, 1.807) is 17.4 Å². The molecule has 3 N–H and O–H groups in total. The second-order valence-electron chi connectivity index (χ2n) is 3.61. The van der Waals surface area contributed by atoms with Crippen LogP contribution in [0.3, 0.4) is 0 Å². The molecule has 17 heavy (non-hydrogen) atoms. The van der Waals surface area contributed by atoms with Gasteiger partial charge in [0.15, 0.2) is 0 Å². The van der Waals surface area contributed by atoms with Gasteiger partial charge in [0.1, 0.15) is 16.0 Å². The van der Waals surface area contributed by atoms with E-state index in [0.717, 1.165) is 5.01 Å². The van der Waals surface area contributed by atoms with Crippen LogP contribution in [0.4, 0.5) is 11.8 Å². The topological polar surface area (TPSA) is 76.7 Å². The molecule has 90 valence electrons. The molecule has 0 aliphatic carbocycles. The molecule has 2 rings (SSSR count). The van der Waals surface area contributed by atoms with E-state index in [1.165, 1.54) is 4.88 Å². The van der Waals surface area contributed by atoms with E-state index >= 15 is 0 Å². The lowest BCUT2D eigenvalue weighted by atomic mass is 10.3. The summed E-state index contributed by atoms with van der Waals surface area (Å²) < 4.78 is 0. The second-order valence-corrected chi connectivity index (χ2v) is 5.26. The fourth-order valence-corrected chi connectivity index (χ4v) is 2.33. The van der Waals surface area contributed by atoms with Crippen LogP contribution >= 0.6 is 22.9 Å². The van der Waals surface area contributed by atoms with E-state index < -0.39 is 0 Å². The van der Waals surface area contributed by atoms with Crippen molar-refractivity contribution in [2.45, 2.75) is 19.9 Å². The molecule has 7 heteroatoms. The van der Waals surface area contributed by atoms with Gasteiger partial charge in [-0.3, -0.25) is 0 Å². The summed E-state index contributed by atoms with van der Waals surface area (Å²) in [6.45, 7) is 4.03. The predicted octanol–water partition coefficient (Wildman–Crippen LogP) is 2.65. The number of halogens is 1. The zero-order chi connectivity index (χ0) is 12.4. The highest BCUT2D eigenvalue weighted by Crippen LogP contribution is 2.23. The van der Waals surface area contributed by atoms with E-state index in [1.807, 2.05) is 20.0 Å². The van der Waals surface area contributed by atoms with Gasteiger partial charge >= 0.3 is 0 Å². The van der Waals surface area contributed by atoms with Gasteiger partial charge in [-0.15, -0.1) is 11.3 Å². The number of nitrogen functional groups attached to an aromatic ring is 1. The van der Waals surface area contributed by atoms with E-state index in [0.29, 0.717) is 11.0 Å². The first-order valence-corrected chi connectivity index (χ1v) is 6.23. The minimum Gasteiger partial charge on any atom is -0.368 e. The maximum absolute atomic E-state index is 5.80. The number of nitrogens with zero attached hydrogens (tertiary/aromatic N) is 3. The molecule has 0 amide bonds. The Morgan fingerprint density at radius 3 is 2.82 bits per heavy atom. The molecular weight excluding hydrogens is 258 g/mol. The molecule has 0 spiro atoms. The quantitative estimate of drug-likeness (QED) is 0.838. The largest absolute Gasteiger partial charge is 0.368 e. The van der Waals surface area contributed by atoms with Gasteiger partial charge in [-0.2, -0.15) is 4.98 Å². The summed E-state index contributed by atoms with van der Waals surface area (Å²) >= 11 is 7.44. The Balaban J connectivity index is 2.15. The van der Waals surface area contributed by atoms with Crippen molar-refractivity contribution in [1.82, 2.24) is 15.0 Å². The van der Waals surface area contributed by atoms with Crippen molar-refractivity contribution >= 4 is 34.7 Å². The van der Waals surface area contributed by atoms with E-state index in [-0.39, 0.29) is 12.0 Å². The number of hydrogen-bond donors (Lipinski definition) is 2. The Hall–Kier alpha value is -1.40. The van der Waals surface area contributed by atoms with Crippen molar-refractivity contribution in [3.05, 3.63) is 27.3 Å². The fraction of sp³-hybridized carbons (Fsp3) is 0.300. The lowest BCUT2D eigenvalue weighted by Crippen LogP contribution is -2.09. The van der Waals surface area contributed by atoms with Crippen LogP contribution in [0.25, 0.3) is 0 Å². The van der Waals surface area contributed by atoms with Gasteiger partial charge < -0.3 is 11.1 Å². The first-order valence-electron chi connectivity index (χ1n) is 5.03. The number of thiazole rings is 1. The number of aromatic nitrogens is 3. The van der Waals surface area contributed by atoms with Gasteiger partial charge in [0.25, 0.3) is 0 Å². The number of nitrogens with one attached hydrogen (secondary N) is 1. The lowest BCUT2D eigenvalue weighted by molar-refractivity contribution is 0.859. The number of anilines is 2. The fourth-order valence-electron chi connectivity index (χ4n) is 1.37. The summed E-state index contributed by atoms with van der Waals surface area (Å²) in [6.07, 6.45) is 1.85. The molecule has 5 nitrogen and oxygen atoms in total. The van der Waals surface area contributed by atoms with Gasteiger partial charge in [-0.05, 0) is 13.8 Å². The van der Waals surface area contributed by atoms with Crippen LogP contribution < -0.4 is 11.1 Å². The third kappa shape index (κ3) is 3.04. The highest BCUT2D eigenvalue weighted by molar-refractivity contribution is 7.11. The molecule has 1 unspecified atom stereocenters. The molecule has 0 radical (unpaired) electrons. The molecule has 2 aromatic rings. The van der Waals surface area contributed by atoms with Crippen LogP contribution in [-0.2, 0) is 0 Å². The molecule has 0 fully saturated rings. The van der Waals surface area contributed by atoms with Gasteiger partial charge in [0.05, 0.1) is 6.04 Å². The Labute approximate surface area is 108 Å². The molecule has 0 bridgehead atoms. The summed E-state index contributed by atoms with van der Waals surface area (Å²) in [7, 11) is 0. The van der Waals surface area contributed by atoms with Crippen LogP contribution in [0.2, 0.25) is 5.15 Å². The van der Waals surface area contributed by atoms with Crippen LogP contribution in [0.1, 0.15) is 22.9 Å². The summed E-state index contributed by atoms with van der Waals surface area (Å²) in [5, 5.41) is 4.50. The monoisotopic (exact) mass is 269 g/mol. The van der Waals surface area contributed by atoms with Crippen LogP contribution in [0.5, 0.6) is 0 Å². The van der Waals surface area contributed by atoms with E-state index in [2.05, 4.69) is 20.3 Å². The Kier molecular flexibility index (Phi) is 3.44. The molecular formula is C10H12ClN5S. The smallest absolute Gasteiger partial charge is 0.223 e. The Bertz CT molecular complexity index is 507. The van der Waals surface area contributed by atoms with Crippen LogP contribution in [0.15, 0.2) is 12.3 Å². The van der Waals surface area contributed by atoms with Crippen LogP contribution in [0, 0.1) is 6.92 Å². The van der Waals surface area contributed by atoms with E-state index in [4.69, 9.17) is 17.3 Å². The predicted molar refractivity (Wildman–Crippen MR) is 70.3 cm³/mol. The normalized spacial score (nSPS) is 12.4. The zero-order valence-electron chi connectivity index (χ0n) is 9.44. The first kappa shape index (κ1) is 12.1. The Morgan fingerprint density at radius 1 is 1.47 bits per heavy atom. The molecule has 0 saturated carbocycles. The summed E-state index contributed by atoms with van der Waals surface area (Å²) in [5.41, 5.74) is 5.52. The SMILES string of the molecule is Cc1cnc(C(C)Nc2cc(Cl)nc(N)n2)s1. The Morgan fingerprint density at radius 2 is 2.24 bits per heavy atom. The second kappa shape index (κ2) is 4.85. The minimum atomic E-state index is 0.0547. The van der Waals surface area contributed by atoms with Crippen molar-refractivity contribution in [2.75, 3.05) is 11.1 Å². The van der Waals surface area contributed by atoms with Gasteiger partial charge in [-0.25, -0.2) is 9.97 Å². The number of hydrogen-bond acceptors (Lipinski definition) is 6. The molecule has 0 saturated heterocycles. The number of nitrogens with two attached hydrogens (primary N) is 1. The molecule has 2 heterocycles. The average Bonchev–Trinajstić information content (AvgIpc) is 2.63. The third-order valence-electron chi connectivity index (χ3n) is 2.09. The van der Waals surface area contributed by atoms with Crippen LogP contribution in [-0.4, -0.2) is 15.0 Å². The maximum atomic E-state index is 5.80. The molecule has 0 aliphatic heterocycles. The van der Waals surface area contributed by atoms with Gasteiger partial charge in [0.2, 0.25) is 5.95 Å². The molecule has 0 aliphatic rings. The molecule has 2 aromatic heterocycles. The summed E-state index contributed by atoms with van der Waals surface area (Å²) in [6, 6.07) is 1.69. The third-order valence-corrected chi connectivity index (χ3v) is 3.38. The zero-order valence-corrected chi connectivity index (χ0v) is 11.0. The standard InChI is InChI=1S/C10H12ClN5S/c1-5-4-13-9(17-5)6(2)14-8-3-7(11)15-10(12)16-8/h3-4,6H,1-2H3,(H3,12,14,15,16). The van der Waals surface area contributed by atoms with Crippen molar-refractivity contribution in [2.24, 2.45) is 0 Å². The van der Waals surface area contributed by atoms with Crippen molar-refractivity contribution < 1.29 is 0 Å². The summed E-state index contributed by atoms with van der Waals surface area (Å²) in [5.74, 6) is 0.755. The van der Waals surface area contributed by atoms with Crippen molar-refractivity contribution in [3.63, 3.8) is 0 Å². The summed E-state index contributed by atoms with van der Waals surface area (Å²) in [4.78, 5) is 13.3. The van der Waals surface area contributed by atoms with Crippen molar-refractivity contribution in [1.29, 1.82) is 0 Å². The van der Waals surface area contributed by atoms with E-state index in [9.17, 15) is 0 Å².